The van der Waals surface area contributed by atoms with Crippen LogP contribution >= 0.6 is 0 Å². The summed E-state index contributed by atoms with van der Waals surface area (Å²) in [5.74, 6) is -0.217. The average Bonchev–Trinajstić information content (AvgIpc) is 2.71. The molecule has 5 heteroatoms. The molecular weight excluding hydrogens is 342 g/mol. The molecule has 5 nitrogen and oxygen atoms in total. The molecule has 0 heterocycles. The Hall–Kier alpha value is -3.34. The maximum absolute atomic E-state index is 12.5. The SMILES string of the molecule is COc1ccc(C(=O)OCC(=O)N[C@@H](C)c2ccccc2)c2ccccc12. The van der Waals surface area contributed by atoms with Crippen LogP contribution in [0.25, 0.3) is 10.8 Å². The predicted molar refractivity (Wildman–Crippen MR) is 104 cm³/mol. The van der Waals surface area contributed by atoms with Gasteiger partial charge in [0.25, 0.3) is 5.91 Å². The standard InChI is InChI=1S/C22H21NO4/c1-15(16-8-4-3-5-9-16)23-21(24)14-27-22(25)19-12-13-20(26-2)18-11-7-6-10-17(18)19/h3-13,15H,14H2,1-2H3,(H,23,24)/t15-/m0/s1. The third kappa shape index (κ3) is 4.26. The van der Waals surface area contributed by atoms with E-state index in [1.165, 1.54) is 0 Å². The average molecular weight is 363 g/mol. The molecule has 0 fully saturated rings. The van der Waals surface area contributed by atoms with Gasteiger partial charge in [-0.25, -0.2) is 4.79 Å². The van der Waals surface area contributed by atoms with Crippen LogP contribution in [0.15, 0.2) is 66.7 Å². The monoisotopic (exact) mass is 363 g/mol. The number of amides is 1. The predicted octanol–water partition coefficient (Wildman–Crippen LogP) is 3.88. The van der Waals surface area contributed by atoms with Gasteiger partial charge in [0.15, 0.2) is 6.61 Å². The van der Waals surface area contributed by atoms with Gasteiger partial charge in [0, 0.05) is 5.39 Å². The molecule has 0 bridgehead atoms. The van der Waals surface area contributed by atoms with Gasteiger partial charge in [-0.15, -0.1) is 0 Å². The summed E-state index contributed by atoms with van der Waals surface area (Å²) in [7, 11) is 1.58. The van der Waals surface area contributed by atoms with Gasteiger partial charge in [-0.2, -0.15) is 0 Å². The Morgan fingerprint density at radius 2 is 1.59 bits per heavy atom. The van der Waals surface area contributed by atoms with E-state index < -0.39 is 5.97 Å². The second-order valence-electron chi connectivity index (χ2n) is 6.14. The van der Waals surface area contributed by atoms with Crippen LogP contribution in [0.4, 0.5) is 0 Å². The molecular formula is C22H21NO4. The molecule has 0 aliphatic carbocycles. The molecule has 1 atom stereocenters. The van der Waals surface area contributed by atoms with Crippen LogP contribution < -0.4 is 10.1 Å². The molecule has 3 aromatic carbocycles. The van der Waals surface area contributed by atoms with E-state index >= 15 is 0 Å². The number of benzene rings is 3. The van der Waals surface area contributed by atoms with Crippen molar-refractivity contribution in [2.24, 2.45) is 0 Å². The first-order valence-corrected chi connectivity index (χ1v) is 8.67. The fourth-order valence-corrected chi connectivity index (χ4v) is 2.94. The van der Waals surface area contributed by atoms with Crippen molar-refractivity contribution < 1.29 is 19.1 Å². The number of methoxy groups -OCH3 is 1. The van der Waals surface area contributed by atoms with Crippen LogP contribution in [0.5, 0.6) is 5.75 Å². The van der Waals surface area contributed by atoms with E-state index in [0.717, 1.165) is 16.3 Å². The van der Waals surface area contributed by atoms with Gasteiger partial charge in [0.2, 0.25) is 0 Å². The highest BCUT2D eigenvalue weighted by Crippen LogP contribution is 2.28. The van der Waals surface area contributed by atoms with E-state index in [-0.39, 0.29) is 18.6 Å². The van der Waals surface area contributed by atoms with Crippen LogP contribution in [0.3, 0.4) is 0 Å². The number of hydrogen-bond acceptors (Lipinski definition) is 4. The Balaban J connectivity index is 1.66. The summed E-state index contributed by atoms with van der Waals surface area (Å²) in [6.07, 6.45) is 0. The Morgan fingerprint density at radius 3 is 2.30 bits per heavy atom. The van der Waals surface area contributed by atoms with Gasteiger partial charge in [-0.05, 0) is 30.0 Å². The molecule has 0 saturated heterocycles. The zero-order valence-corrected chi connectivity index (χ0v) is 15.3. The van der Waals surface area contributed by atoms with Crippen molar-refractivity contribution in [1.29, 1.82) is 0 Å². The molecule has 138 valence electrons. The van der Waals surface area contributed by atoms with Crippen LogP contribution in [0.1, 0.15) is 28.9 Å². The zero-order chi connectivity index (χ0) is 19.2. The second kappa shape index (κ2) is 8.36. The summed E-state index contributed by atoms with van der Waals surface area (Å²) < 4.78 is 10.5. The highest BCUT2D eigenvalue weighted by atomic mass is 16.5. The molecule has 3 rings (SSSR count). The van der Waals surface area contributed by atoms with Crippen molar-refractivity contribution in [2.45, 2.75) is 13.0 Å². The first-order chi connectivity index (χ1) is 13.1. The summed E-state index contributed by atoms with van der Waals surface area (Å²) in [5.41, 5.74) is 1.38. The molecule has 0 aliphatic heterocycles. The molecule has 0 spiro atoms. The minimum atomic E-state index is -0.545. The first kappa shape index (κ1) is 18.5. The van der Waals surface area contributed by atoms with Crippen LogP contribution in [0, 0.1) is 0 Å². The minimum absolute atomic E-state index is 0.167. The summed E-state index contributed by atoms with van der Waals surface area (Å²) >= 11 is 0. The van der Waals surface area contributed by atoms with Crippen molar-refractivity contribution in [3.05, 3.63) is 77.9 Å². The maximum atomic E-state index is 12.5. The number of carbonyl (C=O) groups excluding carboxylic acids is 2. The van der Waals surface area contributed by atoms with Gasteiger partial charge in [-0.1, -0.05) is 54.6 Å². The topological polar surface area (TPSA) is 64.6 Å². The Labute approximate surface area is 157 Å². The summed E-state index contributed by atoms with van der Waals surface area (Å²) in [6.45, 7) is 1.54. The van der Waals surface area contributed by atoms with E-state index in [4.69, 9.17) is 9.47 Å². The molecule has 27 heavy (non-hydrogen) atoms. The Kier molecular flexibility index (Phi) is 5.71. The van der Waals surface area contributed by atoms with Crippen LogP contribution in [-0.2, 0) is 9.53 Å². The second-order valence-corrected chi connectivity index (χ2v) is 6.14. The Morgan fingerprint density at radius 1 is 0.926 bits per heavy atom. The number of fused-ring (bicyclic) bond motifs is 1. The zero-order valence-electron chi connectivity index (χ0n) is 15.3. The Bertz CT molecular complexity index is 953. The van der Waals surface area contributed by atoms with Gasteiger partial charge in [0.05, 0.1) is 18.7 Å². The third-order valence-corrected chi connectivity index (χ3v) is 4.34. The van der Waals surface area contributed by atoms with Crippen molar-refractivity contribution >= 4 is 22.6 Å². The lowest BCUT2D eigenvalue weighted by molar-refractivity contribution is -0.124. The molecule has 1 amide bonds. The smallest absolute Gasteiger partial charge is 0.339 e. The number of rotatable bonds is 6. The van der Waals surface area contributed by atoms with Crippen LogP contribution in [0.2, 0.25) is 0 Å². The number of esters is 1. The van der Waals surface area contributed by atoms with Crippen molar-refractivity contribution in [1.82, 2.24) is 5.32 Å². The van der Waals surface area contributed by atoms with Crippen molar-refractivity contribution in [3.8, 4) is 5.75 Å². The highest BCUT2D eigenvalue weighted by Gasteiger charge is 2.16. The minimum Gasteiger partial charge on any atom is -0.496 e. The highest BCUT2D eigenvalue weighted by molar-refractivity contribution is 6.06. The fourth-order valence-electron chi connectivity index (χ4n) is 2.94. The molecule has 0 saturated carbocycles. The quantitative estimate of drug-likeness (QED) is 0.675. The van der Waals surface area contributed by atoms with Gasteiger partial charge < -0.3 is 14.8 Å². The van der Waals surface area contributed by atoms with E-state index in [1.807, 2.05) is 61.5 Å². The van der Waals surface area contributed by atoms with Crippen LogP contribution in [-0.4, -0.2) is 25.6 Å². The number of ether oxygens (including phenoxy) is 2. The number of hydrogen-bond donors (Lipinski definition) is 1. The summed E-state index contributed by atoms with van der Waals surface area (Å²) in [6, 6.07) is 20.2. The van der Waals surface area contributed by atoms with Crippen molar-refractivity contribution in [2.75, 3.05) is 13.7 Å². The van der Waals surface area contributed by atoms with Crippen molar-refractivity contribution in [3.63, 3.8) is 0 Å². The summed E-state index contributed by atoms with van der Waals surface area (Å²) in [5, 5.41) is 4.36. The summed E-state index contributed by atoms with van der Waals surface area (Å²) in [4.78, 5) is 24.6. The van der Waals surface area contributed by atoms with E-state index in [2.05, 4.69) is 5.32 Å². The molecule has 0 unspecified atom stereocenters. The molecule has 0 radical (unpaired) electrons. The molecule has 0 aliphatic rings. The van der Waals surface area contributed by atoms with E-state index in [9.17, 15) is 9.59 Å². The van der Waals surface area contributed by atoms with E-state index in [0.29, 0.717) is 11.3 Å². The van der Waals surface area contributed by atoms with Gasteiger partial charge >= 0.3 is 5.97 Å². The molecule has 0 aromatic heterocycles. The normalized spacial score (nSPS) is 11.6. The maximum Gasteiger partial charge on any atom is 0.339 e. The fraction of sp³-hybridized carbons (Fsp3) is 0.182. The number of carbonyl (C=O) groups is 2. The lowest BCUT2D eigenvalue weighted by Gasteiger charge is -2.14. The van der Waals surface area contributed by atoms with Gasteiger partial charge in [-0.3, -0.25) is 4.79 Å². The number of nitrogens with one attached hydrogen (secondary N) is 1. The largest absolute Gasteiger partial charge is 0.496 e. The van der Waals surface area contributed by atoms with E-state index in [1.54, 1.807) is 19.2 Å². The lowest BCUT2D eigenvalue weighted by Crippen LogP contribution is -2.31. The first-order valence-electron chi connectivity index (χ1n) is 8.67. The lowest BCUT2D eigenvalue weighted by atomic mass is 10.0. The molecule has 1 N–H and O–H groups in total. The van der Waals surface area contributed by atoms with Gasteiger partial charge in [0.1, 0.15) is 5.75 Å². The third-order valence-electron chi connectivity index (χ3n) is 4.34. The molecule has 3 aromatic rings.